The summed E-state index contributed by atoms with van der Waals surface area (Å²) in [5.74, 6) is -0.163. The molecule has 2 saturated heterocycles. The first-order chi connectivity index (χ1) is 8.70. The summed E-state index contributed by atoms with van der Waals surface area (Å²) in [6.45, 7) is 4.44. The van der Waals surface area contributed by atoms with Gasteiger partial charge in [0.15, 0.2) is 0 Å². The minimum absolute atomic E-state index is 0.0386. The molecule has 3 rings (SSSR count). The molecule has 2 heterocycles. The van der Waals surface area contributed by atoms with Crippen molar-refractivity contribution in [2.75, 3.05) is 11.4 Å². The number of para-hydroxylation sites is 1. The molecule has 2 fully saturated rings. The number of fused-ring (bicyclic) bond motifs is 1. The van der Waals surface area contributed by atoms with Gasteiger partial charge in [-0.2, -0.15) is 0 Å². The monoisotopic (exact) mass is 242 g/mol. The van der Waals surface area contributed by atoms with E-state index in [1.807, 2.05) is 30.3 Å². The van der Waals surface area contributed by atoms with Crippen molar-refractivity contribution in [2.45, 2.75) is 18.9 Å². The molecule has 0 saturated carbocycles. The maximum atomic E-state index is 12.4. The number of rotatable bonds is 1. The van der Waals surface area contributed by atoms with Crippen molar-refractivity contribution < 1.29 is 9.59 Å². The molecule has 2 aliphatic heterocycles. The third-order valence-corrected chi connectivity index (χ3v) is 3.55. The Kier molecular flexibility index (Phi) is 2.44. The molecule has 2 aliphatic rings. The van der Waals surface area contributed by atoms with Crippen LogP contribution in [0.4, 0.5) is 5.69 Å². The molecule has 0 radical (unpaired) electrons. The van der Waals surface area contributed by atoms with Crippen molar-refractivity contribution in [1.29, 1.82) is 0 Å². The summed E-state index contributed by atoms with van der Waals surface area (Å²) < 4.78 is 0. The Morgan fingerprint density at radius 2 is 1.89 bits per heavy atom. The lowest BCUT2D eigenvalue weighted by atomic mass is 10.1. The number of hydrogen-bond donors (Lipinski definition) is 0. The summed E-state index contributed by atoms with van der Waals surface area (Å²) in [5, 5.41) is 0. The summed E-state index contributed by atoms with van der Waals surface area (Å²) in [4.78, 5) is 27.7. The average molecular weight is 242 g/mol. The molecule has 0 aromatic heterocycles. The first-order valence-electron chi connectivity index (χ1n) is 6.09. The fourth-order valence-corrected chi connectivity index (χ4v) is 2.67. The molecule has 0 spiro atoms. The van der Waals surface area contributed by atoms with Gasteiger partial charge in [-0.1, -0.05) is 24.8 Å². The van der Waals surface area contributed by atoms with Crippen molar-refractivity contribution in [2.24, 2.45) is 0 Å². The second-order valence-corrected chi connectivity index (χ2v) is 4.61. The second kappa shape index (κ2) is 3.98. The molecule has 1 aromatic carbocycles. The largest absolute Gasteiger partial charge is 0.325 e. The van der Waals surface area contributed by atoms with Gasteiger partial charge in [0.1, 0.15) is 11.7 Å². The van der Waals surface area contributed by atoms with E-state index in [1.165, 1.54) is 4.90 Å². The Balaban J connectivity index is 2.02. The van der Waals surface area contributed by atoms with Gasteiger partial charge in [0, 0.05) is 12.2 Å². The number of carbonyl (C=O) groups is 2. The van der Waals surface area contributed by atoms with Crippen molar-refractivity contribution in [3.8, 4) is 0 Å². The zero-order chi connectivity index (χ0) is 12.7. The Hall–Kier alpha value is -2.10. The Bertz CT molecular complexity index is 524. The van der Waals surface area contributed by atoms with Crippen LogP contribution in [0.1, 0.15) is 12.8 Å². The first kappa shape index (κ1) is 11.0. The maximum absolute atomic E-state index is 12.4. The predicted octanol–water partition coefficient (Wildman–Crippen LogP) is 1.54. The molecular weight excluding hydrogens is 228 g/mol. The number of anilines is 1. The topological polar surface area (TPSA) is 40.6 Å². The van der Waals surface area contributed by atoms with E-state index < -0.39 is 0 Å². The van der Waals surface area contributed by atoms with E-state index in [9.17, 15) is 9.59 Å². The van der Waals surface area contributed by atoms with Crippen LogP contribution in [0.3, 0.4) is 0 Å². The van der Waals surface area contributed by atoms with E-state index in [-0.39, 0.29) is 23.6 Å². The van der Waals surface area contributed by atoms with Gasteiger partial charge in [0.2, 0.25) is 0 Å². The zero-order valence-electron chi connectivity index (χ0n) is 10.0. The van der Waals surface area contributed by atoms with Gasteiger partial charge in [-0.3, -0.25) is 14.5 Å². The van der Waals surface area contributed by atoms with Crippen LogP contribution in [0.5, 0.6) is 0 Å². The highest BCUT2D eigenvalue weighted by molar-refractivity contribution is 6.15. The minimum Gasteiger partial charge on any atom is -0.325 e. The number of benzene rings is 1. The molecule has 1 aromatic rings. The van der Waals surface area contributed by atoms with Crippen molar-refractivity contribution in [3.63, 3.8) is 0 Å². The smallest absolute Gasteiger partial charge is 0.270 e. The first-order valence-corrected chi connectivity index (χ1v) is 6.09. The lowest BCUT2D eigenvalue weighted by molar-refractivity contribution is -0.138. The van der Waals surface area contributed by atoms with Crippen LogP contribution in [0, 0.1) is 0 Å². The van der Waals surface area contributed by atoms with Crippen LogP contribution in [-0.2, 0) is 9.59 Å². The van der Waals surface area contributed by atoms with Crippen LogP contribution < -0.4 is 4.90 Å². The van der Waals surface area contributed by atoms with Crippen molar-refractivity contribution >= 4 is 17.5 Å². The van der Waals surface area contributed by atoms with Gasteiger partial charge < -0.3 is 4.90 Å². The summed E-state index contributed by atoms with van der Waals surface area (Å²) in [7, 11) is 0. The van der Waals surface area contributed by atoms with Gasteiger partial charge in [-0.05, 0) is 25.0 Å². The lowest BCUT2D eigenvalue weighted by Crippen LogP contribution is -2.55. The number of nitrogens with zero attached hydrogens (tertiary/aromatic N) is 2. The van der Waals surface area contributed by atoms with E-state index in [4.69, 9.17) is 0 Å². The van der Waals surface area contributed by atoms with Gasteiger partial charge >= 0.3 is 0 Å². The van der Waals surface area contributed by atoms with Gasteiger partial charge in [-0.15, -0.1) is 0 Å². The molecular formula is C14H14N2O2. The van der Waals surface area contributed by atoms with Crippen LogP contribution >= 0.6 is 0 Å². The number of carbonyl (C=O) groups excluding carboxylic acids is 2. The van der Waals surface area contributed by atoms with E-state index in [2.05, 4.69) is 6.58 Å². The highest BCUT2D eigenvalue weighted by Gasteiger charge is 2.44. The molecule has 4 heteroatoms. The highest BCUT2D eigenvalue weighted by atomic mass is 16.2. The molecule has 92 valence electrons. The fourth-order valence-electron chi connectivity index (χ4n) is 2.67. The van der Waals surface area contributed by atoms with Gasteiger partial charge in [0.25, 0.3) is 11.8 Å². The number of piperazine rings is 1. The van der Waals surface area contributed by atoms with Crippen LogP contribution in [0.25, 0.3) is 0 Å². The summed E-state index contributed by atoms with van der Waals surface area (Å²) >= 11 is 0. The average Bonchev–Trinajstić information content (AvgIpc) is 2.87. The van der Waals surface area contributed by atoms with E-state index in [0.717, 1.165) is 12.8 Å². The van der Waals surface area contributed by atoms with E-state index in [1.54, 1.807) is 4.90 Å². The Morgan fingerprint density at radius 3 is 2.61 bits per heavy atom. The van der Waals surface area contributed by atoms with Crippen molar-refractivity contribution in [3.05, 3.63) is 42.6 Å². The Labute approximate surface area is 105 Å². The normalized spacial score (nSPS) is 23.6. The number of hydrogen-bond acceptors (Lipinski definition) is 2. The second-order valence-electron chi connectivity index (χ2n) is 4.61. The third kappa shape index (κ3) is 1.45. The third-order valence-electron chi connectivity index (χ3n) is 3.55. The minimum atomic E-state index is -0.303. The SMILES string of the molecule is C=C1C(=O)N2CCCC2C(=O)N1c1ccccc1. The molecule has 0 bridgehead atoms. The van der Waals surface area contributed by atoms with E-state index >= 15 is 0 Å². The highest BCUT2D eigenvalue weighted by Crippen LogP contribution is 2.31. The zero-order valence-corrected chi connectivity index (χ0v) is 10.0. The molecule has 4 nitrogen and oxygen atoms in total. The summed E-state index contributed by atoms with van der Waals surface area (Å²) in [6.07, 6.45) is 1.64. The van der Waals surface area contributed by atoms with Gasteiger partial charge in [-0.25, -0.2) is 0 Å². The Morgan fingerprint density at radius 1 is 1.17 bits per heavy atom. The van der Waals surface area contributed by atoms with Gasteiger partial charge in [0.05, 0.1) is 0 Å². The molecule has 1 unspecified atom stereocenters. The molecule has 1 atom stereocenters. The predicted molar refractivity (Wildman–Crippen MR) is 67.8 cm³/mol. The summed E-state index contributed by atoms with van der Waals surface area (Å²) in [6, 6.07) is 8.91. The maximum Gasteiger partial charge on any atom is 0.270 e. The fraction of sp³-hybridized carbons (Fsp3) is 0.286. The number of amides is 2. The quantitative estimate of drug-likeness (QED) is 0.701. The van der Waals surface area contributed by atoms with Crippen LogP contribution in [0.15, 0.2) is 42.6 Å². The van der Waals surface area contributed by atoms with Crippen molar-refractivity contribution in [1.82, 2.24) is 4.90 Å². The summed E-state index contributed by atoms with van der Waals surface area (Å²) in [5.41, 5.74) is 0.969. The lowest BCUT2D eigenvalue weighted by Gasteiger charge is -2.37. The molecule has 2 amide bonds. The van der Waals surface area contributed by atoms with Crippen LogP contribution in [0.2, 0.25) is 0 Å². The molecule has 18 heavy (non-hydrogen) atoms. The van der Waals surface area contributed by atoms with Crippen LogP contribution in [-0.4, -0.2) is 29.3 Å². The molecule has 0 N–H and O–H groups in total. The van der Waals surface area contributed by atoms with E-state index in [0.29, 0.717) is 12.2 Å². The molecule has 0 aliphatic carbocycles. The standard InChI is InChI=1S/C14H14N2O2/c1-10-13(17)15-9-5-8-12(15)14(18)16(10)11-6-3-2-4-7-11/h2-4,6-7,12H,1,5,8-9H2.